The van der Waals surface area contributed by atoms with Crippen LogP contribution in [-0.4, -0.2) is 23.5 Å². The van der Waals surface area contributed by atoms with Crippen molar-refractivity contribution in [3.63, 3.8) is 0 Å². The molecule has 6 heteroatoms. The van der Waals surface area contributed by atoms with E-state index in [1.54, 1.807) is 0 Å². The second-order valence-electron chi connectivity index (χ2n) is 12.0. The Kier molecular flexibility index (Phi) is 8.01. The van der Waals surface area contributed by atoms with Crippen LogP contribution in [0, 0.1) is 25.2 Å². The van der Waals surface area contributed by atoms with E-state index in [9.17, 15) is 9.59 Å². The Bertz CT molecular complexity index is 1650. The number of benzene rings is 3. The summed E-state index contributed by atoms with van der Waals surface area (Å²) in [5.41, 5.74) is 7.74. The van der Waals surface area contributed by atoms with Gasteiger partial charge in [-0.05, 0) is 102 Å². The van der Waals surface area contributed by atoms with Gasteiger partial charge in [0.1, 0.15) is 0 Å². The Morgan fingerprint density at radius 2 is 1.68 bits per heavy atom. The van der Waals surface area contributed by atoms with Crippen molar-refractivity contribution in [2.45, 2.75) is 47.5 Å². The predicted molar refractivity (Wildman–Crippen MR) is 167 cm³/mol. The van der Waals surface area contributed by atoms with Gasteiger partial charge in [-0.15, -0.1) is 0 Å². The standard InChI is InChI=1S/C35H35ClN2O3/c1-21-14-22(2)16-27(15-21)37-31(39)20-41-34(40)32-28-8-6-7-9-30(28)38-33-24(17-23-10-12-26(36)13-11-23)18-25(19-29(32)33)35(3,4)5/h6-17,25H,18-20H2,1-5H3,(H,37,39). The molecular weight excluding hydrogens is 532 g/mol. The predicted octanol–water partition coefficient (Wildman–Crippen LogP) is 8.45. The summed E-state index contributed by atoms with van der Waals surface area (Å²) < 4.78 is 5.67. The minimum absolute atomic E-state index is 0.00454. The Morgan fingerprint density at radius 1 is 1.00 bits per heavy atom. The molecule has 1 aliphatic rings. The third kappa shape index (κ3) is 6.52. The van der Waals surface area contributed by atoms with E-state index >= 15 is 0 Å². The van der Waals surface area contributed by atoms with E-state index < -0.39 is 5.97 Å². The number of aryl methyl sites for hydroxylation is 2. The smallest absolute Gasteiger partial charge is 0.339 e. The van der Waals surface area contributed by atoms with Gasteiger partial charge in [-0.1, -0.05) is 68.8 Å². The zero-order valence-electron chi connectivity index (χ0n) is 24.2. The summed E-state index contributed by atoms with van der Waals surface area (Å²) in [6.45, 7) is 10.3. The summed E-state index contributed by atoms with van der Waals surface area (Å²) in [4.78, 5) is 31.6. The lowest BCUT2D eigenvalue weighted by Crippen LogP contribution is -2.29. The molecule has 0 spiro atoms. The lowest BCUT2D eigenvalue weighted by Gasteiger charge is -2.36. The number of carbonyl (C=O) groups is 2. The molecule has 1 aromatic heterocycles. The van der Waals surface area contributed by atoms with Gasteiger partial charge in [-0.2, -0.15) is 0 Å². The number of nitrogens with one attached hydrogen (secondary N) is 1. The molecule has 1 amide bonds. The highest BCUT2D eigenvalue weighted by atomic mass is 35.5. The van der Waals surface area contributed by atoms with Gasteiger partial charge in [0, 0.05) is 16.1 Å². The number of esters is 1. The number of aromatic nitrogens is 1. The number of hydrogen-bond donors (Lipinski definition) is 1. The molecule has 1 unspecified atom stereocenters. The minimum atomic E-state index is -0.518. The first-order valence-electron chi connectivity index (χ1n) is 13.9. The van der Waals surface area contributed by atoms with E-state index in [1.807, 2.05) is 80.6 Å². The van der Waals surface area contributed by atoms with Crippen LogP contribution in [0.1, 0.15) is 65.5 Å². The van der Waals surface area contributed by atoms with Gasteiger partial charge in [0.25, 0.3) is 5.91 Å². The maximum atomic E-state index is 13.8. The lowest BCUT2D eigenvalue weighted by atomic mass is 9.69. The van der Waals surface area contributed by atoms with Gasteiger partial charge in [0.2, 0.25) is 0 Å². The van der Waals surface area contributed by atoms with Gasteiger partial charge in [-0.3, -0.25) is 4.79 Å². The Hall–Kier alpha value is -3.96. The number of ether oxygens (including phenoxy) is 1. The molecule has 1 atom stereocenters. The number of fused-ring (bicyclic) bond motifs is 2. The van der Waals surface area contributed by atoms with Crippen molar-refractivity contribution in [3.8, 4) is 0 Å². The van der Waals surface area contributed by atoms with E-state index in [1.165, 1.54) is 0 Å². The third-order valence-corrected chi connectivity index (χ3v) is 7.95. The maximum absolute atomic E-state index is 13.8. The van der Waals surface area contributed by atoms with Crippen LogP contribution in [0.25, 0.3) is 22.6 Å². The van der Waals surface area contributed by atoms with Crippen molar-refractivity contribution >= 4 is 51.7 Å². The number of carbonyl (C=O) groups excluding carboxylic acids is 2. The van der Waals surface area contributed by atoms with E-state index in [4.69, 9.17) is 21.3 Å². The van der Waals surface area contributed by atoms with Crippen molar-refractivity contribution in [1.82, 2.24) is 4.98 Å². The van der Waals surface area contributed by atoms with E-state index in [0.29, 0.717) is 28.2 Å². The number of para-hydroxylation sites is 1. The summed E-state index contributed by atoms with van der Waals surface area (Å²) in [7, 11) is 0. The molecule has 0 radical (unpaired) electrons. The first-order chi connectivity index (χ1) is 19.5. The second kappa shape index (κ2) is 11.5. The molecule has 0 saturated heterocycles. The quantitative estimate of drug-likeness (QED) is 0.246. The monoisotopic (exact) mass is 566 g/mol. The van der Waals surface area contributed by atoms with Crippen LogP contribution in [0.15, 0.2) is 66.7 Å². The van der Waals surface area contributed by atoms with Gasteiger partial charge in [0.15, 0.2) is 6.61 Å². The molecule has 5 nitrogen and oxygen atoms in total. The molecule has 1 N–H and O–H groups in total. The molecule has 0 fully saturated rings. The molecule has 41 heavy (non-hydrogen) atoms. The molecule has 3 aromatic carbocycles. The number of pyridine rings is 1. The molecular formula is C35H35ClN2O3. The zero-order chi connectivity index (χ0) is 29.3. The molecule has 1 heterocycles. The largest absolute Gasteiger partial charge is 0.452 e. The molecule has 4 aromatic rings. The summed E-state index contributed by atoms with van der Waals surface area (Å²) in [5.74, 6) is -0.627. The second-order valence-corrected chi connectivity index (χ2v) is 12.5. The first kappa shape index (κ1) is 28.6. The number of allylic oxidation sites excluding steroid dienone is 1. The maximum Gasteiger partial charge on any atom is 0.339 e. The van der Waals surface area contributed by atoms with Crippen LogP contribution in [0.4, 0.5) is 5.69 Å². The highest BCUT2D eigenvalue weighted by molar-refractivity contribution is 6.30. The number of rotatable bonds is 5. The Morgan fingerprint density at radius 3 is 2.37 bits per heavy atom. The van der Waals surface area contributed by atoms with Crippen molar-refractivity contribution in [3.05, 3.63) is 105 Å². The SMILES string of the molecule is Cc1cc(C)cc(NC(=O)COC(=O)c2c3c(nc4ccccc24)C(=Cc2ccc(Cl)cc2)CC(C(C)(C)C)C3)c1. The van der Waals surface area contributed by atoms with E-state index in [-0.39, 0.29) is 23.8 Å². The van der Waals surface area contributed by atoms with Crippen LogP contribution < -0.4 is 5.32 Å². The average Bonchev–Trinajstić information content (AvgIpc) is 2.90. The van der Waals surface area contributed by atoms with E-state index in [2.05, 4.69) is 32.2 Å². The van der Waals surface area contributed by atoms with Crippen molar-refractivity contribution in [1.29, 1.82) is 0 Å². The Balaban J connectivity index is 1.53. The topological polar surface area (TPSA) is 68.3 Å². The molecule has 5 rings (SSSR count). The fourth-order valence-electron chi connectivity index (χ4n) is 5.58. The van der Waals surface area contributed by atoms with Crippen LogP contribution in [0.2, 0.25) is 5.02 Å². The third-order valence-electron chi connectivity index (χ3n) is 7.69. The fourth-order valence-corrected chi connectivity index (χ4v) is 5.70. The average molecular weight is 567 g/mol. The zero-order valence-corrected chi connectivity index (χ0v) is 24.9. The van der Waals surface area contributed by atoms with Crippen molar-refractivity contribution < 1.29 is 14.3 Å². The molecule has 0 aliphatic heterocycles. The molecule has 0 saturated carbocycles. The van der Waals surface area contributed by atoms with Gasteiger partial charge >= 0.3 is 5.97 Å². The number of nitrogens with zero attached hydrogens (tertiary/aromatic N) is 1. The van der Waals surface area contributed by atoms with Gasteiger partial charge < -0.3 is 10.1 Å². The van der Waals surface area contributed by atoms with Crippen molar-refractivity contribution in [2.75, 3.05) is 11.9 Å². The number of hydrogen-bond acceptors (Lipinski definition) is 4. The normalized spacial score (nSPS) is 16.0. The first-order valence-corrected chi connectivity index (χ1v) is 14.3. The van der Waals surface area contributed by atoms with Crippen molar-refractivity contribution in [2.24, 2.45) is 11.3 Å². The summed E-state index contributed by atoms with van der Waals surface area (Å²) >= 11 is 6.14. The molecule has 0 bridgehead atoms. The van der Waals surface area contributed by atoms with Gasteiger partial charge in [-0.25, -0.2) is 9.78 Å². The van der Waals surface area contributed by atoms with Crippen LogP contribution in [0.5, 0.6) is 0 Å². The molecule has 1 aliphatic carbocycles. The van der Waals surface area contributed by atoms with Crippen LogP contribution >= 0.6 is 11.6 Å². The van der Waals surface area contributed by atoms with Crippen LogP contribution in [-0.2, 0) is 16.0 Å². The van der Waals surface area contributed by atoms with E-state index in [0.717, 1.165) is 45.3 Å². The highest BCUT2D eigenvalue weighted by Crippen LogP contribution is 2.45. The fraction of sp³-hybridized carbons (Fsp3) is 0.286. The van der Waals surface area contributed by atoms with Gasteiger partial charge in [0.05, 0.1) is 16.8 Å². The van der Waals surface area contributed by atoms with Crippen LogP contribution in [0.3, 0.4) is 0 Å². The lowest BCUT2D eigenvalue weighted by molar-refractivity contribution is -0.119. The number of halogens is 1. The summed E-state index contributed by atoms with van der Waals surface area (Å²) in [5, 5.41) is 4.26. The Labute approximate surface area is 246 Å². The number of anilines is 1. The summed E-state index contributed by atoms with van der Waals surface area (Å²) in [6.07, 6.45) is 3.66. The number of amides is 1. The minimum Gasteiger partial charge on any atom is -0.452 e. The molecule has 210 valence electrons. The summed E-state index contributed by atoms with van der Waals surface area (Å²) in [6, 6.07) is 21.2. The highest BCUT2D eigenvalue weighted by Gasteiger charge is 2.35.